The zero-order valence-corrected chi connectivity index (χ0v) is 22.4. The first kappa shape index (κ1) is 26.2. The number of hydrogen-bond donors (Lipinski definition) is 1. The van der Waals surface area contributed by atoms with E-state index in [0.717, 1.165) is 53.3 Å². The molecule has 4 aromatic rings. The standard InChI is InChI=1S/C33H33N3O3/c1-3-7-25-18-28-21-34-36(22-24-10-14-27(15-11-24)26-8-5-4-6-9-26)32(28)30(19-25)33(38)35-29-16-12-23(13-17-29)20-31(37)39-2/h4-6,8-11,14-15,18-19,21,23,29H,12-13,16-17,20,22H2,1-2H3,(H,35,38). The highest BCUT2D eigenvalue weighted by atomic mass is 16.5. The van der Waals surface area contributed by atoms with E-state index in [1.165, 1.54) is 12.7 Å². The molecule has 0 aliphatic heterocycles. The van der Waals surface area contributed by atoms with Gasteiger partial charge in [-0.3, -0.25) is 14.3 Å². The highest BCUT2D eigenvalue weighted by Crippen LogP contribution is 2.28. The molecule has 0 atom stereocenters. The number of fused-ring (bicyclic) bond motifs is 1. The Balaban J connectivity index is 1.36. The Morgan fingerprint density at radius 3 is 2.41 bits per heavy atom. The molecule has 0 radical (unpaired) electrons. The molecule has 1 N–H and O–H groups in total. The largest absolute Gasteiger partial charge is 0.469 e. The fourth-order valence-corrected chi connectivity index (χ4v) is 5.44. The van der Waals surface area contributed by atoms with Crippen LogP contribution in [0.3, 0.4) is 0 Å². The zero-order valence-electron chi connectivity index (χ0n) is 22.4. The topological polar surface area (TPSA) is 73.2 Å². The lowest BCUT2D eigenvalue weighted by Crippen LogP contribution is -2.38. The first-order chi connectivity index (χ1) is 19.0. The Kier molecular flexibility index (Phi) is 8.07. The number of ether oxygens (including phenoxy) is 1. The van der Waals surface area contributed by atoms with Crippen molar-refractivity contribution >= 4 is 22.8 Å². The van der Waals surface area contributed by atoms with Gasteiger partial charge in [-0.05, 0) is 67.3 Å². The van der Waals surface area contributed by atoms with Crippen LogP contribution >= 0.6 is 0 Å². The van der Waals surface area contributed by atoms with Crippen molar-refractivity contribution in [2.45, 2.75) is 51.6 Å². The minimum Gasteiger partial charge on any atom is -0.469 e. The molecule has 0 spiro atoms. The molecule has 6 heteroatoms. The van der Waals surface area contributed by atoms with Gasteiger partial charge >= 0.3 is 5.97 Å². The minimum atomic E-state index is -0.165. The van der Waals surface area contributed by atoms with Crippen LogP contribution in [0.1, 0.15) is 60.5 Å². The molecule has 6 nitrogen and oxygen atoms in total. The van der Waals surface area contributed by atoms with Crippen molar-refractivity contribution in [3.8, 4) is 23.0 Å². The SMILES string of the molecule is CC#Cc1cc(C(=O)NC2CCC(CC(=O)OC)CC2)c2c(cnn2Cc2ccc(-c3ccccc3)cc2)c1. The molecule has 5 rings (SSSR count). The van der Waals surface area contributed by atoms with E-state index in [0.29, 0.717) is 24.4 Å². The molecule has 1 saturated carbocycles. The molecule has 1 heterocycles. The van der Waals surface area contributed by atoms with Crippen LogP contribution in [0.5, 0.6) is 0 Å². The van der Waals surface area contributed by atoms with Crippen LogP contribution in [0.15, 0.2) is 72.9 Å². The predicted molar refractivity (Wildman–Crippen MR) is 153 cm³/mol. The van der Waals surface area contributed by atoms with Gasteiger partial charge in [0.05, 0.1) is 30.9 Å². The van der Waals surface area contributed by atoms with Crippen molar-refractivity contribution in [3.63, 3.8) is 0 Å². The molecule has 0 unspecified atom stereocenters. The van der Waals surface area contributed by atoms with Gasteiger partial charge in [0.1, 0.15) is 0 Å². The lowest BCUT2D eigenvalue weighted by atomic mass is 9.84. The summed E-state index contributed by atoms with van der Waals surface area (Å²) in [5.74, 6) is 6.07. The first-order valence-corrected chi connectivity index (χ1v) is 13.5. The molecule has 1 aliphatic rings. The Morgan fingerprint density at radius 1 is 1.00 bits per heavy atom. The fourth-order valence-electron chi connectivity index (χ4n) is 5.44. The van der Waals surface area contributed by atoms with Crippen LogP contribution in [0.2, 0.25) is 0 Å². The van der Waals surface area contributed by atoms with Crippen LogP contribution in [0.4, 0.5) is 0 Å². The number of esters is 1. The zero-order chi connectivity index (χ0) is 27.2. The maximum atomic E-state index is 13.6. The van der Waals surface area contributed by atoms with Gasteiger partial charge < -0.3 is 10.1 Å². The average Bonchev–Trinajstić information content (AvgIpc) is 3.37. The number of methoxy groups -OCH3 is 1. The summed E-state index contributed by atoms with van der Waals surface area (Å²) in [7, 11) is 1.43. The van der Waals surface area contributed by atoms with Crippen LogP contribution in [0.25, 0.3) is 22.0 Å². The summed E-state index contributed by atoms with van der Waals surface area (Å²) in [5.41, 5.74) is 5.63. The third-order valence-electron chi connectivity index (χ3n) is 7.51. The van der Waals surface area contributed by atoms with Gasteiger partial charge in [0.25, 0.3) is 5.91 Å². The first-order valence-electron chi connectivity index (χ1n) is 13.5. The van der Waals surface area contributed by atoms with Gasteiger partial charge in [-0.25, -0.2) is 0 Å². The van der Waals surface area contributed by atoms with Gasteiger partial charge in [0, 0.05) is 23.4 Å². The quantitative estimate of drug-likeness (QED) is 0.241. The average molecular weight is 520 g/mol. The number of rotatable bonds is 7. The van der Waals surface area contributed by atoms with E-state index < -0.39 is 0 Å². The van der Waals surface area contributed by atoms with E-state index in [-0.39, 0.29) is 17.9 Å². The molecule has 0 saturated heterocycles. The summed E-state index contributed by atoms with van der Waals surface area (Å²) >= 11 is 0. The second-order valence-electron chi connectivity index (χ2n) is 10.2. The Bertz CT molecular complexity index is 1520. The number of aromatic nitrogens is 2. The van der Waals surface area contributed by atoms with E-state index in [1.807, 2.05) is 41.2 Å². The third-order valence-corrected chi connectivity index (χ3v) is 7.51. The Morgan fingerprint density at radius 2 is 1.72 bits per heavy atom. The number of hydrogen-bond acceptors (Lipinski definition) is 4. The van der Waals surface area contributed by atoms with Crippen LogP contribution in [-0.2, 0) is 16.1 Å². The second-order valence-corrected chi connectivity index (χ2v) is 10.2. The summed E-state index contributed by atoms with van der Waals surface area (Å²) < 4.78 is 6.72. The smallest absolute Gasteiger partial charge is 0.305 e. The van der Waals surface area contributed by atoms with E-state index in [9.17, 15) is 9.59 Å². The number of nitrogens with one attached hydrogen (secondary N) is 1. The van der Waals surface area contributed by atoms with Crippen LogP contribution < -0.4 is 5.32 Å². The van der Waals surface area contributed by atoms with Crippen molar-refractivity contribution in [2.75, 3.05) is 7.11 Å². The lowest BCUT2D eigenvalue weighted by Gasteiger charge is -2.28. The van der Waals surface area contributed by atoms with Gasteiger partial charge in [-0.15, -0.1) is 5.92 Å². The molecule has 1 fully saturated rings. The van der Waals surface area contributed by atoms with Crippen molar-refractivity contribution in [2.24, 2.45) is 5.92 Å². The Hall–Kier alpha value is -4.37. The maximum Gasteiger partial charge on any atom is 0.305 e. The summed E-state index contributed by atoms with van der Waals surface area (Å²) in [6, 6.07) is 22.7. The number of carbonyl (C=O) groups excluding carboxylic acids is 2. The fraction of sp³-hybridized carbons (Fsp3) is 0.303. The van der Waals surface area contributed by atoms with Crippen molar-refractivity contribution < 1.29 is 14.3 Å². The summed E-state index contributed by atoms with van der Waals surface area (Å²) in [5, 5.41) is 8.79. The lowest BCUT2D eigenvalue weighted by molar-refractivity contribution is -0.142. The molecular formula is C33H33N3O3. The van der Waals surface area contributed by atoms with E-state index >= 15 is 0 Å². The molecule has 198 valence electrons. The molecular weight excluding hydrogens is 486 g/mol. The van der Waals surface area contributed by atoms with Gasteiger partial charge in [0.2, 0.25) is 0 Å². The predicted octanol–water partition coefficient (Wildman–Crippen LogP) is 5.97. The van der Waals surface area contributed by atoms with E-state index in [4.69, 9.17) is 4.74 Å². The highest BCUT2D eigenvalue weighted by Gasteiger charge is 2.26. The van der Waals surface area contributed by atoms with Crippen molar-refractivity contribution in [1.29, 1.82) is 0 Å². The molecule has 3 aromatic carbocycles. The van der Waals surface area contributed by atoms with Crippen molar-refractivity contribution in [3.05, 3.63) is 89.6 Å². The van der Waals surface area contributed by atoms with Crippen LogP contribution in [0, 0.1) is 17.8 Å². The highest BCUT2D eigenvalue weighted by molar-refractivity contribution is 6.06. The number of nitrogens with zero attached hydrogens (tertiary/aromatic N) is 2. The molecule has 1 aliphatic carbocycles. The summed E-state index contributed by atoms with van der Waals surface area (Å²) in [4.78, 5) is 25.3. The third kappa shape index (κ3) is 6.21. The normalized spacial score (nSPS) is 16.8. The summed E-state index contributed by atoms with van der Waals surface area (Å²) in [6.45, 7) is 2.34. The number of benzene rings is 3. The number of amides is 1. The summed E-state index contributed by atoms with van der Waals surface area (Å²) in [6.07, 6.45) is 5.74. The molecule has 1 amide bonds. The Labute approximate surface area is 229 Å². The monoisotopic (exact) mass is 519 g/mol. The second kappa shape index (κ2) is 12.0. The van der Waals surface area contributed by atoms with Crippen LogP contribution in [-0.4, -0.2) is 34.8 Å². The molecule has 0 bridgehead atoms. The van der Waals surface area contributed by atoms with E-state index in [1.54, 1.807) is 6.92 Å². The van der Waals surface area contributed by atoms with Gasteiger partial charge in [0.15, 0.2) is 0 Å². The molecule has 39 heavy (non-hydrogen) atoms. The van der Waals surface area contributed by atoms with Gasteiger partial charge in [-0.1, -0.05) is 60.5 Å². The van der Waals surface area contributed by atoms with Gasteiger partial charge in [-0.2, -0.15) is 5.10 Å². The molecule has 1 aromatic heterocycles. The van der Waals surface area contributed by atoms with E-state index in [2.05, 4.69) is 58.7 Å². The number of carbonyl (C=O) groups is 2. The maximum absolute atomic E-state index is 13.6. The minimum absolute atomic E-state index is 0.0734. The van der Waals surface area contributed by atoms with Crippen molar-refractivity contribution in [1.82, 2.24) is 15.1 Å².